The van der Waals surface area contributed by atoms with Gasteiger partial charge in [0.15, 0.2) is 0 Å². The molecule has 1 aromatic rings. The summed E-state index contributed by atoms with van der Waals surface area (Å²) in [6, 6.07) is 7.95. The van der Waals surface area contributed by atoms with Crippen molar-refractivity contribution in [2.45, 2.75) is 39.7 Å². The van der Waals surface area contributed by atoms with Crippen LogP contribution in [0.25, 0.3) is 0 Å². The van der Waals surface area contributed by atoms with Gasteiger partial charge in [-0.2, -0.15) is 0 Å². The first kappa shape index (κ1) is 16.5. The van der Waals surface area contributed by atoms with Crippen LogP contribution >= 0.6 is 0 Å². The highest BCUT2D eigenvalue weighted by Crippen LogP contribution is 2.35. The number of aryl methyl sites for hydroxylation is 1. The number of hydrogen-bond donors (Lipinski definition) is 1. The Morgan fingerprint density at radius 2 is 1.95 bits per heavy atom. The summed E-state index contributed by atoms with van der Waals surface area (Å²) in [5, 5.41) is 3.02. The van der Waals surface area contributed by atoms with Crippen LogP contribution in [0, 0.1) is 18.8 Å². The van der Waals surface area contributed by atoms with Crippen LogP contribution in [0.5, 0.6) is 0 Å². The molecule has 4 nitrogen and oxygen atoms in total. The molecule has 1 aromatic carbocycles. The number of nitrogens with one attached hydrogen (secondary N) is 1. The van der Waals surface area contributed by atoms with Crippen molar-refractivity contribution < 1.29 is 9.59 Å². The number of hydrogen-bond acceptors (Lipinski definition) is 2. The second-order valence-electron chi connectivity index (χ2n) is 6.64. The molecule has 1 heterocycles. The number of nitrogens with zero attached hydrogens (tertiary/aromatic N) is 1. The second-order valence-corrected chi connectivity index (χ2v) is 6.64. The normalized spacial score (nSPS) is 22.0. The van der Waals surface area contributed by atoms with Crippen molar-refractivity contribution in [1.29, 1.82) is 0 Å². The zero-order valence-corrected chi connectivity index (χ0v) is 13.9. The Morgan fingerprint density at radius 3 is 2.55 bits per heavy atom. The van der Waals surface area contributed by atoms with E-state index in [-0.39, 0.29) is 23.8 Å². The fourth-order valence-electron chi connectivity index (χ4n) is 2.97. The minimum absolute atomic E-state index is 0.0543. The van der Waals surface area contributed by atoms with E-state index in [1.165, 1.54) is 5.56 Å². The summed E-state index contributed by atoms with van der Waals surface area (Å²) in [5.41, 5.74) is 2.21. The fraction of sp³-hybridized carbons (Fsp3) is 0.556. The van der Waals surface area contributed by atoms with E-state index in [2.05, 4.69) is 19.2 Å². The zero-order chi connectivity index (χ0) is 16.3. The number of carbonyl (C=O) groups excluding carboxylic acids is 2. The van der Waals surface area contributed by atoms with Gasteiger partial charge in [-0.15, -0.1) is 0 Å². The number of rotatable bonds is 4. The van der Waals surface area contributed by atoms with Crippen LogP contribution in [-0.2, 0) is 9.59 Å². The minimum atomic E-state index is -0.177. The molecule has 4 heteroatoms. The lowest BCUT2D eigenvalue weighted by Crippen LogP contribution is -2.46. The van der Waals surface area contributed by atoms with Gasteiger partial charge in [-0.05, 0) is 24.8 Å². The predicted octanol–water partition coefficient (Wildman–Crippen LogP) is 2.68. The van der Waals surface area contributed by atoms with Crippen molar-refractivity contribution in [2.75, 3.05) is 13.6 Å². The summed E-state index contributed by atoms with van der Waals surface area (Å²) in [7, 11) is 1.80. The zero-order valence-electron chi connectivity index (χ0n) is 13.9. The fourth-order valence-corrected chi connectivity index (χ4v) is 2.97. The Labute approximate surface area is 132 Å². The maximum Gasteiger partial charge on any atom is 0.225 e. The third-order valence-electron chi connectivity index (χ3n) is 4.30. The largest absolute Gasteiger partial charge is 0.356 e. The van der Waals surface area contributed by atoms with Crippen molar-refractivity contribution in [2.24, 2.45) is 11.8 Å². The Morgan fingerprint density at radius 1 is 1.32 bits per heavy atom. The molecule has 22 heavy (non-hydrogen) atoms. The van der Waals surface area contributed by atoms with Gasteiger partial charge in [0, 0.05) is 20.0 Å². The molecular weight excluding hydrogens is 276 g/mol. The Hall–Kier alpha value is -1.84. The number of piperidine rings is 1. The van der Waals surface area contributed by atoms with Crippen LogP contribution < -0.4 is 5.32 Å². The lowest BCUT2D eigenvalue weighted by atomic mass is 9.83. The lowest BCUT2D eigenvalue weighted by molar-refractivity contribution is -0.141. The summed E-state index contributed by atoms with van der Waals surface area (Å²) < 4.78 is 0. The van der Waals surface area contributed by atoms with E-state index in [4.69, 9.17) is 0 Å². The topological polar surface area (TPSA) is 49.4 Å². The Bertz CT molecular complexity index is 537. The molecule has 0 unspecified atom stereocenters. The summed E-state index contributed by atoms with van der Waals surface area (Å²) in [5.74, 6) is 0.408. The molecule has 2 rings (SSSR count). The molecule has 1 N–H and O–H groups in total. The van der Waals surface area contributed by atoms with Crippen LogP contribution in [0.15, 0.2) is 24.3 Å². The molecule has 0 spiro atoms. The average molecular weight is 302 g/mol. The van der Waals surface area contributed by atoms with Gasteiger partial charge < -0.3 is 10.2 Å². The third kappa shape index (κ3) is 3.67. The molecule has 1 fully saturated rings. The van der Waals surface area contributed by atoms with E-state index in [1.807, 2.05) is 31.2 Å². The van der Waals surface area contributed by atoms with Crippen molar-refractivity contribution in [3.63, 3.8) is 0 Å². The van der Waals surface area contributed by atoms with E-state index in [0.29, 0.717) is 25.3 Å². The standard InChI is InChI=1S/C18H26N2O2/c1-12(2)11-19-18(22)15-9-10-16(21)20(4)17(15)14-7-5-13(3)6-8-14/h5-8,12,15,17H,9-11H2,1-4H3,(H,19,22)/t15-,17-/m0/s1. The van der Waals surface area contributed by atoms with Gasteiger partial charge in [-0.25, -0.2) is 0 Å². The van der Waals surface area contributed by atoms with Crippen molar-refractivity contribution in [3.8, 4) is 0 Å². The van der Waals surface area contributed by atoms with Crippen LogP contribution in [0.2, 0.25) is 0 Å². The third-order valence-corrected chi connectivity index (χ3v) is 4.30. The highest BCUT2D eigenvalue weighted by atomic mass is 16.2. The number of carbonyl (C=O) groups is 2. The highest BCUT2D eigenvalue weighted by molar-refractivity contribution is 5.84. The molecule has 1 aliphatic heterocycles. The Balaban J connectivity index is 2.24. The van der Waals surface area contributed by atoms with Crippen LogP contribution in [0.3, 0.4) is 0 Å². The van der Waals surface area contributed by atoms with Crippen molar-refractivity contribution in [3.05, 3.63) is 35.4 Å². The van der Waals surface area contributed by atoms with E-state index in [1.54, 1.807) is 11.9 Å². The summed E-state index contributed by atoms with van der Waals surface area (Å²) >= 11 is 0. The SMILES string of the molecule is Cc1ccc([C@H]2[C@@H](C(=O)NCC(C)C)CCC(=O)N2C)cc1. The summed E-state index contributed by atoms with van der Waals surface area (Å²) in [6.07, 6.45) is 1.06. The average Bonchev–Trinajstić information content (AvgIpc) is 2.48. The summed E-state index contributed by atoms with van der Waals surface area (Å²) in [4.78, 5) is 26.4. The molecular formula is C18H26N2O2. The van der Waals surface area contributed by atoms with Gasteiger partial charge in [-0.1, -0.05) is 43.7 Å². The second kappa shape index (κ2) is 6.95. The van der Waals surface area contributed by atoms with E-state index in [9.17, 15) is 9.59 Å². The minimum Gasteiger partial charge on any atom is -0.356 e. The first-order chi connectivity index (χ1) is 10.4. The molecule has 0 aromatic heterocycles. The predicted molar refractivity (Wildman–Crippen MR) is 87.3 cm³/mol. The smallest absolute Gasteiger partial charge is 0.225 e. The maximum absolute atomic E-state index is 12.6. The molecule has 0 radical (unpaired) electrons. The molecule has 1 aliphatic rings. The molecule has 120 valence electrons. The maximum atomic E-state index is 12.6. The molecule has 0 bridgehead atoms. The van der Waals surface area contributed by atoms with Gasteiger partial charge in [0.1, 0.15) is 0 Å². The van der Waals surface area contributed by atoms with Crippen LogP contribution in [0.4, 0.5) is 0 Å². The van der Waals surface area contributed by atoms with Gasteiger partial charge in [0.2, 0.25) is 11.8 Å². The lowest BCUT2D eigenvalue weighted by Gasteiger charge is -2.38. The Kier molecular flexibility index (Phi) is 5.22. The first-order valence-electron chi connectivity index (χ1n) is 8.00. The molecule has 0 saturated carbocycles. The molecule has 1 saturated heterocycles. The van der Waals surface area contributed by atoms with Crippen molar-refractivity contribution in [1.82, 2.24) is 10.2 Å². The van der Waals surface area contributed by atoms with Crippen molar-refractivity contribution >= 4 is 11.8 Å². The number of likely N-dealkylation sites (tertiary alicyclic amines) is 1. The van der Waals surface area contributed by atoms with Crippen LogP contribution in [-0.4, -0.2) is 30.3 Å². The van der Waals surface area contributed by atoms with E-state index >= 15 is 0 Å². The quantitative estimate of drug-likeness (QED) is 0.929. The molecule has 2 amide bonds. The number of benzene rings is 1. The monoisotopic (exact) mass is 302 g/mol. The van der Waals surface area contributed by atoms with Gasteiger partial charge in [-0.3, -0.25) is 9.59 Å². The van der Waals surface area contributed by atoms with E-state index in [0.717, 1.165) is 5.56 Å². The van der Waals surface area contributed by atoms with Crippen LogP contribution in [0.1, 0.15) is 43.9 Å². The van der Waals surface area contributed by atoms with Gasteiger partial charge in [0.05, 0.1) is 12.0 Å². The molecule has 0 aliphatic carbocycles. The van der Waals surface area contributed by atoms with Gasteiger partial charge in [0.25, 0.3) is 0 Å². The number of amides is 2. The van der Waals surface area contributed by atoms with E-state index < -0.39 is 0 Å². The summed E-state index contributed by atoms with van der Waals surface area (Å²) in [6.45, 7) is 6.86. The molecule has 2 atom stereocenters. The first-order valence-corrected chi connectivity index (χ1v) is 8.00. The van der Waals surface area contributed by atoms with Gasteiger partial charge >= 0.3 is 0 Å². The highest BCUT2D eigenvalue weighted by Gasteiger charge is 2.38.